The van der Waals surface area contributed by atoms with Gasteiger partial charge in [-0.3, -0.25) is 14.5 Å². The zero-order chi connectivity index (χ0) is 25.1. The molecule has 15 nitrogen and oxygen atoms in total. The van der Waals surface area contributed by atoms with Crippen molar-refractivity contribution < 1.29 is 24.3 Å². The van der Waals surface area contributed by atoms with E-state index in [1.807, 2.05) is 0 Å². The third kappa shape index (κ3) is 4.98. The van der Waals surface area contributed by atoms with Crippen LogP contribution in [0.2, 0.25) is 0 Å². The minimum absolute atomic E-state index is 0.0307. The van der Waals surface area contributed by atoms with Gasteiger partial charge in [0.2, 0.25) is 16.7 Å². The Morgan fingerprint density at radius 1 is 1.49 bits per heavy atom. The summed E-state index contributed by atoms with van der Waals surface area (Å²) in [4.78, 5) is 48.0. The lowest BCUT2D eigenvalue weighted by Gasteiger charge is -2.49. The first-order valence-corrected chi connectivity index (χ1v) is 12.6. The third-order valence-corrected chi connectivity index (χ3v) is 7.69. The van der Waals surface area contributed by atoms with Crippen molar-refractivity contribution in [3.63, 3.8) is 0 Å². The van der Waals surface area contributed by atoms with E-state index in [0.717, 1.165) is 11.5 Å². The maximum Gasteiger partial charge on any atom is 0.352 e. The number of hydrogen-bond donors (Lipinski definition) is 3. The molecular formula is C17H18N10O5S3. The predicted molar refractivity (Wildman–Crippen MR) is 126 cm³/mol. The van der Waals surface area contributed by atoms with Gasteiger partial charge in [0.1, 0.15) is 23.7 Å². The monoisotopic (exact) mass is 538 g/mol. The van der Waals surface area contributed by atoms with Crippen LogP contribution in [0.5, 0.6) is 0 Å². The molecule has 0 aromatic carbocycles. The number of β-lactam (4-membered cyclic amide) rings is 1. The molecule has 4 heterocycles. The Morgan fingerprint density at radius 3 is 2.91 bits per heavy atom. The quantitative estimate of drug-likeness (QED) is 0.0837. The van der Waals surface area contributed by atoms with E-state index in [-0.39, 0.29) is 34.7 Å². The van der Waals surface area contributed by atoms with Crippen LogP contribution >= 0.6 is 35.1 Å². The molecule has 35 heavy (non-hydrogen) atoms. The lowest BCUT2D eigenvalue weighted by atomic mass is 10.0. The molecule has 2 aliphatic heterocycles. The van der Waals surface area contributed by atoms with Crippen LogP contribution in [0.1, 0.15) is 5.82 Å². The van der Waals surface area contributed by atoms with Crippen LogP contribution in [-0.4, -0.2) is 92.6 Å². The number of aryl methyl sites for hydroxylation is 1. The first-order chi connectivity index (χ1) is 16.8. The molecule has 1 unspecified atom stereocenters. The van der Waals surface area contributed by atoms with Crippen molar-refractivity contribution in [2.24, 2.45) is 12.2 Å². The SMILES string of the molecule is C=CCON=C(C(=O)NC1C(=O)N2C(C(=O)O)=C(CSc3nnnn3C)CS[C@H]12)c1nsc(N)n1. The van der Waals surface area contributed by atoms with Gasteiger partial charge in [-0.2, -0.15) is 9.36 Å². The second kappa shape index (κ2) is 10.4. The van der Waals surface area contributed by atoms with E-state index in [9.17, 15) is 19.5 Å². The molecule has 2 atom stereocenters. The maximum absolute atomic E-state index is 12.9. The summed E-state index contributed by atoms with van der Waals surface area (Å²) in [5.41, 5.74) is 5.77. The summed E-state index contributed by atoms with van der Waals surface area (Å²) >= 11 is 3.46. The van der Waals surface area contributed by atoms with Crippen LogP contribution in [0.15, 0.2) is 34.2 Å². The van der Waals surface area contributed by atoms with Gasteiger partial charge in [0.25, 0.3) is 11.8 Å². The second-order valence-electron chi connectivity index (χ2n) is 6.97. The number of carboxylic acids is 1. The molecule has 0 radical (unpaired) electrons. The third-order valence-electron chi connectivity index (χ3n) is 4.71. The van der Waals surface area contributed by atoms with Crippen LogP contribution < -0.4 is 11.1 Å². The Hall–Kier alpha value is -3.51. The van der Waals surface area contributed by atoms with Gasteiger partial charge in [0.15, 0.2) is 5.13 Å². The number of amides is 2. The zero-order valence-electron chi connectivity index (χ0n) is 18.0. The van der Waals surface area contributed by atoms with E-state index in [1.54, 1.807) is 7.05 Å². The van der Waals surface area contributed by atoms with Crippen molar-refractivity contribution in [3.8, 4) is 0 Å². The minimum atomic E-state index is -1.23. The number of nitrogen functional groups attached to an aromatic ring is 1. The number of thioether (sulfide) groups is 2. The number of carboxylic acid groups (broad SMARTS) is 1. The second-order valence-corrected chi connectivity index (χ2v) is 9.80. The number of tetrazole rings is 1. The molecule has 4 rings (SSSR count). The molecule has 2 aliphatic rings. The molecule has 0 spiro atoms. The first kappa shape index (κ1) is 24.6. The Labute approximate surface area is 210 Å². The van der Waals surface area contributed by atoms with Gasteiger partial charge >= 0.3 is 5.97 Å². The van der Waals surface area contributed by atoms with Crippen LogP contribution in [0.25, 0.3) is 0 Å². The molecule has 0 saturated carbocycles. The van der Waals surface area contributed by atoms with Gasteiger partial charge < -0.3 is 21.0 Å². The zero-order valence-corrected chi connectivity index (χ0v) is 20.5. The van der Waals surface area contributed by atoms with Crippen LogP contribution in [-0.2, 0) is 26.3 Å². The number of carbonyl (C=O) groups excluding carboxylic acids is 2. The van der Waals surface area contributed by atoms with Gasteiger partial charge in [0.05, 0.1) is 0 Å². The number of nitrogens with two attached hydrogens (primary N) is 1. The standard InChI is InChI=1S/C17H18N10O5S3/c1-3-4-32-22-8(11-20-16(18)35-23-11)12(28)19-9-13(29)27-10(15(30)31)7(5-33-14(9)27)6-34-17-21-24-25-26(17)2/h3,9,14H,1,4-6H2,2H3,(H,19,28)(H,30,31)(H2,18,20,23)/t9?,14-/m1/s1. The summed E-state index contributed by atoms with van der Waals surface area (Å²) < 4.78 is 5.43. The molecule has 4 N–H and O–H groups in total. The van der Waals surface area contributed by atoms with Gasteiger partial charge in [-0.1, -0.05) is 29.6 Å². The van der Waals surface area contributed by atoms with E-state index < -0.39 is 29.2 Å². The van der Waals surface area contributed by atoms with Gasteiger partial charge in [0, 0.05) is 30.1 Å². The van der Waals surface area contributed by atoms with Crippen LogP contribution in [0.3, 0.4) is 0 Å². The van der Waals surface area contributed by atoms with E-state index in [0.29, 0.717) is 16.5 Å². The molecule has 2 amide bonds. The number of rotatable bonds is 10. The fourth-order valence-corrected chi connectivity index (χ4v) is 5.94. The summed E-state index contributed by atoms with van der Waals surface area (Å²) in [6.45, 7) is 3.53. The average molecular weight is 539 g/mol. The molecule has 1 saturated heterocycles. The summed E-state index contributed by atoms with van der Waals surface area (Å²) in [6, 6.07) is -0.973. The molecular weight excluding hydrogens is 520 g/mol. The topological polar surface area (TPSA) is 204 Å². The number of nitrogens with one attached hydrogen (secondary N) is 1. The first-order valence-electron chi connectivity index (χ1n) is 9.78. The van der Waals surface area contributed by atoms with Gasteiger partial charge in [-0.25, -0.2) is 9.48 Å². The number of nitrogens with zero attached hydrogens (tertiary/aromatic N) is 8. The van der Waals surface area contributed by atoms with Gasteiger partial charge in [-0.15, -0.1) is 16.9 Å². The number of aromatic nitrogens is 6. The van der Waals surface area contributed by atoms with E-state index in [4.69, 9.17) is 10.6 Å². The molecule has 0 aliphatic carbocycles. The van der Waals surface area contributed by atoms with Crippen molar-refractivity contribution in [1.82, 2.24) is 39.8 Å². The average Bonchev–Trinajstić information content (AvgIpc) is 3.45. The summed E-state index contributed by atoms with van der Waals surface area (Å²) in [6.07, 6.45) is 1.43. The normalized spacial score (nSPS) is 19.7. The number of fused-ring (bicyclic) bond motifs is 1. The Morgan fingerprint density at radius 2 is 2.29 bits per heavy atom. The molecule has 184 valence electrons. The fraction of sp³-hybridized carbons (Fsp3) is 0.353. The molecule has 2 aromatic rings. The number of oxime groups is 1. The highest BCUT2D eigenvalue weighted by Crippen LogP contribution is 2.41. The molecule has 1 fully saturated rings. The molecule has 2 aromatic heterocycles. The highest BCUT2D eigenvalue weighted by molar-refractivity contribution is 8.01. The fourth-order valence-electron chi connectivity index (χ4n) is 3.17. The van der Waals surface area contributed by atoms with E-state index in [1.165, 1.54) is 39.2 Å². The number of carbonyl (C=O) groups is 3. The smallest absolute Gasteiger partial charge is 0.352 e. The van der Waals surface area contributed by atoms with Crippen LogP contribution in [0, 0.1) is 0 Å². The van der Waals surface area contributed by atoms with E-state index in [2.05, 4.69) is 41.9 Å². The lowest BCUT2D eigenvalue weighted by Crippen LogP contribution is -2.71. The van der Waals surface area contributed by atoms with Crippen molar-refractivity contribution in [2.75, 3.05) is 23.8 Å². The maximum atomic E-state index is 12.9. The summed E-state index contributed by atoms with van der Waals surface area (Å²) in [5, 5.41) is 27.3. The van der Waals surface area contributed by atoms with Gasteiger partial charge in [-0.05, 0) is 16.0 Å². The Balaban J connectivity index is 1.49. The number of hydrogen-bond acceptors (Lipinski definition) is 14. The van der Waals surface area contributed by atoms with Crippen molar-refractivity contribution in [2.45, 2.75) is 16.6 Å². The lowest BCUT2D eigenvalue weighted by molar-refractivity contribution is -0.150. The summed E-state index contributed by atoms with van der Waals surface area (Å²) in [7, 11) is 1.67. The Kier molecular flexibility index (Phi) is 7.31. The van der Waals surface area contributed by atoms with Crippen molar-refractivity contribution >= 4 is 63.7 Å². The highest BCUT2D eigenvalue weighted by Gasteiger charge is 2.54. The Bertz CT molecular complexity index is 1240. The van der Waals surface area contributed by atoms with Crippen LogP contribution in [0.4, 0.5) is 5.13 Å². The predicted octanol–water partition coefficient (Wildman–Crippen LogP) is -0.919. The molecule has 18 heteroatoms. The highest BCUT2D eigenvalue weighted by atomic mass is 32.2. The molecule has 0 bridgehead atoms. The largest absolute Gasteiger partial charge is 0.477 e. The van der Waals surface area contributed by atoms with E-state index >= 15 is 0 Å². The summed E-state index contributed by atoms with van der Waals surface area (Å²) in [5.74, 6) is -1.99. The number of aliphatic carboxylic acids is 1. The van der Waals surface area contributed by atoms with Crippen molar-refractivity contribution in [3.05, 3.63) is 29.7 Å². The van der Waals surface area contributed by atoms with Crippen molar-refractivity contribution in [1.29, 1.82) is 0 Å². The minimum Gasteiger partial charge on any atom is -0.477 e. The number of anilines is 1.